The standard InChI is InChI=1S/C17H28O4/c1-11(2)15(10-16(18)19)21-17(20)6-5-14-8-12(3)7-13(4)9-14/h11,13-15H,3,5-10H2,1-2,4H3,(H,18,19). The molecule has 4 heteroatoms. The van der Waals surface area contributed by atoms with Crippen LogP contribution in [-0.2, 0) is 14.3 Å². The molecule has 1 fully saturated rings. The van der Waals surface area contributed by atoms with E-state index in [-0.39, 0.29) is 18.3 Å². The van der Waals surface area contributed by atoms with Gasteiger partial charge in [0.25, 0.3) is 0 Å². The minimum atomic E-state index is -0.932. The van der Waals surface area contributed by atoms with Crippen molar-refractivity contribution in [3.63, 3.8) is 0 Å². The van der Waals surface area contributed by atoms with Gasteiger partial charge in [-0.25, -0.2) is 0 Å². The number of carboxylic acid groups (broad SMARTS) is 1. The van der Waals surface area contributed by atoms with E-state index in [0.717, 1.165) is 25.7 Å². The molecule has 4 nitrogen and oxygen atoms in total. The van der Waals surface area contributed by atoms with E-state index in [1.165, 1.54) is 5.57 Å². The van der Waals surface area contributed by atoms with Crippen molar-refractivity contribution in [1.82, 2.24) is 0 Å². The van der Waals surface area contributed by atoms with E-state index >= 15 is 0 Å². The van der Waals surface area contributed by atoms with Gasteiger partial charge in [-0.1, -0.05) is 32.9 Å². The highest BCUT2D eigenvalue weighted by atomic mass is 16.5. The fourth-order valence-corrected chi connectivity index (χ4v) is 3.08. The Morgan fingerprint density at radius 1 is 1.38 bits per heavy atom. The zero-order valence-corrected chi connectivity index (χ0v) is 13.4. The molecular weight excluding hydrogens is 268 g/mol. The first-order chi connectivity index (χ1) is 9.77. The van der Waals surface area contributed by atoms with Crippen molar-refractivity contribution in [2.75, 3.05) is 0 Å². The Morgan fingerprint density at radius 2 is 2.05 bits per heavy atom. The molecule has 0 saturated heterocycles. The van der Waals surface area contributed by atoms with Gasteiger partial charge in [0.2, 0.25) is 0 Å². The van der Waals surface area contributed by atoms with E-state index in [9.17, 15) is 9.59 Å². The third kappa shape index (κ3) is 6.78. The number of ether oxygens (including phenoxy) is 1. The third-order valence-corrected chi connectivity index (χ3v) is 4.11. The molecule has 1 aliphatic rings. The Balaban J connectivity index is 2.38. The van der Waals surface area contributed by atoms with Gasteiger partial charge in [-0.05, 0) is 43.4 Å². The van der Waals surface area contributed by atoms with Crippen molar-refractivity contribution < 1.29 is 19.4 Å². The van der Waals surface area contributed by atoms with Crippen molar-refractivity contribution >= 4 is 11.9 Å². The molecule has 1 N–H and O–H groups in total. The van der Waals surface area contributed by atoms with Crippen LogP contribution in [0.25, 0.3) is 0 Å². The minimum Gasteiger partial charge on any atom is -0.481 e. The van der Waals surface area contributed by atoms with Crippen molar-refractivity contribution in [1.29, 1.82) is 0 Å². The second kappa shape index (κ2) is 8.20. The topological polar surface area (TPSA) is 63.6 Å². The fraction of sp³-hybridized carbons (Fsp3) is 0.765. The van der Waals surface area contributed by atoms with Gasteiger partial charge in [-0.3, -0.25) is 9.59 Å². The van der Waals surface area contributed by atoms with Crippen LogP contribution in [0.1, 0.15) is 59.3 Å². The second-order valence-electron chi connectivity index (χ2n) is 6.77. The molecule has 0 spiro atoms. The Labute approximate surface area is 127 Å². The van der Waals surface area contributed by atoms with Gasteiger partial charge in [0, 0.05) is 6.42 Å². The van der Waals surface area contributed by atoms with Gasteiger partial charge in [0.15, 0.2) is 0 Å². The van der Waals surface area contributed by atoms with Gasteiger partial charge >= 0.3 is 11.9 Å². The van der Waals surface area contributed by atoms with Gasteiger partial charge < -0.3 is 9.84 Å². The molecule has 120 valence electrons. The number of hydrogen-bond acceptors (Lipinski definition) is 3. The van der Waals surface area contributed by atoms with Gasteiger partial charge in [0.1, 0.15) is 6.10 Å². The van der Waals surface area contributed by atoms with Crippen molar-refractivity contribution in [2.45, 2.75) is 65.4 Å². The van der Waals surface area contributed by atoms with E-state index < -0.39 is 12.1 Å². The monoisotopic (exact) mass is 296 g/mol. The minimum absolute atomic E-state index is 0.0135. The van der Waals surface area contributed by atoms with Crippen LogP contribution in [0.5, 0.6) is 0 Å². The van der Waals surface area contributed by atoms with Crippen LogP contribution in [0.2, 0.25) is 0 Å². The summed E-state index contributed by atoms with van der Waals surface area (Å²) in [5, 5.41) is 8.84. The van der Waals surface area contributed by atoms with Crippen molar-refractivity contribution in [3.8, 4) is 0 Å². The Hall–Kier alpha value is -1.32. The average molecular weight is 296 g/mol. The predicted molar refractivity (Wildman–Crippen MR) is 81.8 cm³/mol. The molecule has 0 aromatic rings. The number of carbonyl (C=O) groups excluding carboxylic acids is 1. The molecule has 0 aromatic heterocycles. The normalized spacial score (nSPS) is 23.9. The highest BCUT2D eigenvalue weighted by molar-refractivity contribution is 5.71. The largest absolute Gasteiger partial charge is 0.481 e. The number of allylic oxidation sites excluding steroid dienone is 1. The maximum atomic E-state index is 11.9. The molecule has 0 bridgehead atoms. The summed E-state index contributed by atoms with van der Waals surface area (Å²) in [6, 6.07) is 0. The maximum absolute atomic E-state index is 11.9. The molecule has 1 saturated carbocycles. The first-order valence-corrected chi connectivity index (χ1v) is 7.85. The van der Waals surface area contributed by atoms with Gasteiger partial charge in [0.05, 0.1) is 6.42 Å². The lowest BCUT2D eigenvalue weighted by atomic mass is 9.78. The third-order valence-electron chi connectivity index (χ3n) is 4.11. The summed E-state index contributed by atoms with van der Waals surface area (Å²) < 4.78 is 5.33. The van der Waals surface area contributed by atoms with Crippen LogP contribution in [-0.4, -0.2) is 23.1 Å². The summed E-state index contributed by atoms with van der Waals surface area (Å²) in [4.78, 5) is 22.7. The number of carbonyl (C=O) groups is 2. The van der Waals surface area contributed by atoms with Crippen LogP contribution in [0.3, 0.4) is 0 Å². The van der Waals surface area contributed by atoms with E-state index in [1.54, 1.807) is 0 Å². The molecule has 0 radical (unpaired) electrons. The number of aliphatic carboxylic acids is 1. The smallest absolute Gasteiger partial charge is 0.307 e. The SMILES string of the molecule is C=C1CC(C)CC(CCC(=O)OC(CC(=O)O)C(C)C)C1. The van der Waals surface area contributed by atoms with Crippen molar-refractivity contribution in [2.24, 2.45) is 17.8 Å². The first kappa shape index (κ1) is 17.7. The van der Waals surface area contributed by atoms with E-state index in [1.807, 2.05) is 13.8 Å². The molecule has 1 aliphatic carbocycles. The highest BCUT2D eigenvalue weighted by Gasteiger charge is 2.24. The van der Waals surface area contributed by atoms with Crippen LogP contribution < -0.4 is 0 Å². The quantitative estimate of drug-likeness (QED) is 0.573. The fourth-order valence-electron chi connectivity index (χ4n) is 3.08. The predicted octanol–water partition coefficient (Wildman–Crippen LogP) is 3.80. The Bertz CT molecular complexity index is 386. The maximum Gasteiger partial charge on any atom is 0.307 e. The summed E-state index contributed by atoms with van der Waals surface area (Å²) in [5.74, 6) is -0.0503. The van der Waals surface area contributed by atoms with Gasteiger partial charge in [-0.15, -0.1) is 0 Å². The number of carboxylic acids is 1. The molecule has 3 unspecified atom stereocenters. The average Bonchev–Trinajstić information content (AvgIpc) is 2.33. The molecule has 21 heavy (non-hydrogen) atoms. The lowest BCUT2D eigenvalue weighted by molar-refractivity contribution is -0.155. The summed E-state index contributed by atoms with van der Waals surface area (Å²) >= 11 is 0. The molecule has 3 atom stereocenters. The Kier molecular flexibility index (Phi) is 6.93. The summed E-state index contributed by atoms with van der Waals surface area (Å²) in [5.41, 5.74) is 1.28. The zero-order valence-electron chi connectivity index (χ0n) is 13.4. The second-order valence-corrected chi connectivity index (χ2v) is 6.77. The van der Waals surface area contributed by atoms with Gasteiger partial charge in [-0.2, -0.15) is 0 Å². The van der Waals surface area contributed by atoms with Crippen LogP contribution in [0.15, 0.2) is 12.2 Å². The summed E-state index contributed by atoms with van der Waals surface area (Å²) in [6.45, 7) is 10.0. The molecule has 0 heterocycles. The molecule has 0 aliphatic heterocycles. The van der Waals surface area contributed by atoms with E-state index in [2.05, 4.69) is 13.5 Å². The number of hydrogen-bond donors (Lipinski definition) is 1. The molecule has 1 rings (SSSR count). The van der Waals surface area contributed by atoms with Crippen LogP contribution in [0, 0.1) is 17.8 Å². The summed E-state index contributed by atoms with van der Waals surface area (Å²) in [6.07, 6.45) is 3.74. The van der Waals surface area contributed by atoms with E-state index in [4.69, 9.17) is 9.84 Å². The number of rotatable bonds is 7. The highest BCUT2D eigenvalue weighted by Crippen LogP contribution is 2.34. The zero-order chi connectivity index (χ0) is 16.0. The Morgan fingerprint density at radius 3 is 2.57 bits per heavy atom. The number of esters is 1. The van der Waals surface area contributed by atoms with Crippen LogP contribution >= 0.6 is 0 Å². The molecule has 0 amide bonds. The lowest BCUT2D eigenvalue weighted by Crippen LogP contribution is -2.27. The van der Waals surface area contributed by atoms with Crippen LogP contribution in [0.4, 0.5) is 0 Å². The van der Waals surface area contributed by atoms with Crippen molar-refractivity contribution in [3.05, 3.63) is 12.2 Å². The molecule has 0 aromatic carbocycles. The molecular formula is C17H28O4. The lowest BCUT2D eigenvalue weighted by Gasteiger charge is -2.28. The first-order valence-electron chi connectivity index (χ1n) is 7.85. The summed E-state index contributed by atoms with van der Waals surface area (Å²) in [7, 11) is 0. The van der Waals surface area contributed by atoms with E-state index in [0.29, 0.717) is 18.3 Å².